The van der Waals surface area contributed by atoms with Crippen LogP contribution < -0.4 is 4.74 Å². The average molecular weight is 313 g/mol. The van der Waals surface area contributed by atoms with Crippen molar-refractivity contribution in [3.05, 3.63) is 24.3 Å². The van der Waals surface area contributed by atoms with Crippen LogP contribution in [0, 0.1) is 0 Å². The van der Waals surface area contributed by atoms with Gasteiger partial charge in [-0.25, -0.2) is 8.42 Å². The lowest BCUT2D eigenvalue weighted by molar-refractivity contribution is -0.147. The summed E-state index contributed by atoms with van der Waals surface area (Å²) in [6.45, 7) is 1.91. The zero-order valence-corrected chi connectivity index (χ0v) is 12.9. The first-order chi connectivity index (χ1) is 9.90. The van der Waals surface area contributed by atoms with Crippen LogP contribution >= 0.6 is 0 Å². The number of nitrogens with zero attached hydrogens (tertiary/aromatic N) is 1. The molecule has 0 bridgehead atoms. The maximum atomic E-state index is 12.9. The van der Waals surface area contributed by atoms with Gasteiger partial charge in [0, 0.05) is 6.54 Å². The highest BCUT2D eigenvalue weighted by atomic mass is 32.2. The van der Waals surface area contributed by atoms with Gasteiger partial charge >= 0.3 is 5.97 Å². The van der Waals surface area contributed by atoms with Gasteiger partial charge in [-0.15, -0.1) is 0 Å². The molecule has 1 aromatic carbocycles. The molecule has 0 amide bonds. The monoisotopic (exact) mass is 313 g/mol. The lowest BCUT2D eigenvalue weighted by atomic mass is 9.95. The van der Waals surface area contributed by atoms with Crippen LogP contribution in [0.1, 0.15) is 26.2 Å². The van der Waals surface area contributed by atoms with Crippen LogP contribution in [0.25, 0.3) is 0 Å². The van der Waals surface area contributed by atoms with Crippen LogP contribution in [0.5, 0.6) is 5.75 Å². The van der Waals surface area contributed by atoms with E-state index in [1.807, 2.05) is 0 Å². The van der Waals surface area contributed by atoms with E-state index in [0.717, 1.165) is 4.31 Å². The van der Waals surface area contributed by atoms with Crippen molar-refractivity contribution in [1.29, 1.82) is 0 Å². The Morgan fingerprint density at radius 2 is 2.10 bits per heavy atom. The number of methoxy groups -OCH3 is 1. The number of hydrogen-bond donors (Lipinski definition) is 1. The number of aliphatic carboxylic acids is 1. The molecule has 0 aromatic heterocycles. The number of carbonyl (C=O) groups is 1. The largest absolute Gasteiger partial charge is 0.495 e. The van der Waals surface area contributed by atoms with E-state index in [1.165, 1.54) is 13.2 Å². The van der Waals surface area contributed by atoms with Gasteiger partial charge < -0.3 is 9.84 Å². The fourth-order valence-electron chi connectivity index (χ4n) is 2.87. The Labute approximate surface area is 124 Å². The first-order valence-corrected chi connectivity index (χ1v) is 8.23. The first-order valence-electron chi connectivity index (χ1n) is 6.79. The van der Waals surface area contributed by atoms with Gasteiger partial charge in [0.1, 0.15) is 16.2 Å². The molecule has 1 N–H and O–H groups in total. The van der Waals surface area contributed by atoms with Gasteiger partial charge in [0.05, 0.1) is 7.11 Å². The van der Waals surface area contributed by atoms with E-state index in [4.69, 9.17) is 4.74 Å². The fourth-order valence-corrected chi connectivity index (χ4v) is 4.89. The molecule has 2 rings (SSSR count). The molecule has 1 atom stereocenters. The second-order valence-corrected chi connectivity index (χ2v) is 6.85. The molecule has 1 aliphatic rings. The van der Waals surface area contributed by atoms with Crippen molar-refractivity contribution in [3.63, 3.8) is 0 Å². The maximum absolute atomic E-state index is 12.9. The van der Waals surface area contributed by atoms with E-state index in [2.05, 4.69) is 0 Å². The van der Waals surface area contributed by atoms with Crippen molar-refractivity contribution < 1.29 is 23.1 Å². The van der Waals surface area contributed by atoms with Crippen LogP contribution in [0.4, 0.5) is 0 Å². The molecular weight excluding hydrogens is 294 g/mol. The molecule has 21 heavy (non-hydrogen) atoms. The van der Waals surface area contributed by atoms with E-state index >= 15 is 0 Å². The Morgan fingerprint density at radius 3 is 2.67 bits per heavy atom. The molecule has 1 fully saturated rings. The molecule has 1 aromatic rings. The van der Waals surface area contributed by atoms with Crippen LogP contribution in [-0.2, 0) is 14.8 Å². The van der Waals surface area contributed by atoms with Crippen LogP contribution in [-0.4, -0.2) is 43.0 Å². The van der Waals surface area contributed by atoms with E-state index in [9.17, 15) is 18.3 Å². The predicted octanol–water partition coefficient (Wildman–Crippen LogP) is 1.71. The zero-order valence-electron chi connectivity index (χ0n) is 12.1. The Bertz CT molecular complexity index is 643. The van der Waals surface area contributed by atoms with Gasteiger partial charge in [0.2, 0.25) is 10.0 Å². The zero-order chi connectivity index (χ0) is 15.7. The molecule has 1 heterocycles. The lowest BCUT2D eigenvalue weighted by Crippen LogP contribution is -2.52. The standard InChI is InChI=1S/C14H19NO5S/c1-3-14(13(16)17)9-6-10-15(14)21(18,19)12-8-5-4-7-11(12)20-2/h4-5,7-8H,3,6,9-10H2,1-2H3,(H,16,17). The smallest absolute Gasteiger partial charge is 0.325 e. The molecule has 0 radical (unpaired) electrons. The lowest BCUT2D eigenvalue weighted by Gasteiger charge is -2.33. The topological polar surface area (TPSA) is 83.9 Å². The Balaban J connectivity index is 2.55. The predicted molar refractivity (Wildman–Crippen MR) is 76.8 cm³/mol. The summed E-state index contributed by atoms with van der Waals surface area (Å²) in [5.41, 5.74) is -1.36. The van der Waals surface area contributed by atoms with E-state index in [-0.39, 0.29) is 23.6 Å². The normalized spacial score (nSPS) is 23.1. The van der Waals surface area contributed by atoms with Crippen LogP contribution in [0.3, 0.4) is 0 Å². The Kier molecular flexibility index (Phi) is 4.25. The number of sulfonamides is 1. The molecule has 1 saturated heterocycles. The molecule has 1 aliphatic heterocycles. The second-order valence-electron chi connectivity index (χ2n) is 5.02. The quantitative estimate of drug-likeness (QED) is 0.894. The van der Waals surface area contributed by atoms with Gasteiger partial charge in [-0.2, -0.15) is 4.31 Å². The van der Waals surface area contributed by atoms with Crippen molar-refractivity contribution in [2.24, 2.45) is 0 Å². The molecular formula is C14H19NO5S. The molecule has 0 saturated carbocycles. The number of benzene rings is 1. The third-order valence-corrected chi connectivity index (χ3v) is 6.05. The summed E-state index contributed by atoms with van der Waals surface area (Å²) in [6, 6.07) is 6.26. The highest BCUT2D eigenvalue weighted by Gasteiger charge is 2.52. The summed E-state index contributed by atoms with van der Waals surface area (Å²) in [6.07, 6.45) is 1.10. The van der Waals surface area contributed by atoms with E-state index in [0.29, 0.717) is 12.8 Å². The highest BCUT2D eigenvalue weighted by Crippen LogP contribution is 2.39. The van der Waals surface area contributed by atoms with Crippen LogP contribution in [0.15, 0.2) is 29.2 Å². The number of hydrogen-bond acceptors (Lipinski definition) is 4. The van der Waals surface area contributed by atoms with Gasteiger partial charge in [-0.3, -0.25) is 4.79 Å². The van der Waals surface area contributed by atoms with Gasteiger partial charge in [0.25, 0.3) is 0 Å². The molecule has 0 spiro atoms. The average Bonchev–Trinajstić information content (AvgIpc) is 2.93. The summed E-state index contributed by atoms with van der Waals surface area (Å²) in [5, 5.41) is 9.53. The molecule has 116 valence electrons. The van der Waals surface area contributed by atoms with E-state index < -0.39 is 21.5 Å². The van der Waals surface area contributed by atoms with Crippen molar-refractivity contribution in [3.8, 4) is 5.75 Å². The maximum Gasteiger partial charge on any atom is 0.325 e. The highest BCUT2D eigenvalue weighted by molar-refractivity contribution is 7.89. The number of rotatable bonds is 5. The Morgan fingerprint density at radius 1 is 1.43 bits per heavy atom. The van der Waals surface area contributed by atoms with Crippen molar-refractivity contribution in [1.82, 2.24) is 4.31 Å². The van der Waals surface area contributed by atoms with E-state index in [1.54, 1.807) is 25.1 Å². The summed E-state index contributed by atoms with van der Waals surface area (Å²) in [4.78, 5) is 11.7. The van der Waals surface area contributed by atoms with Gasteiger partial charge in [0.15, 0.2) is 0 Å². The fraction of sp³-hybridized carbons (Fsp3) is 0.500. The summed E-state index contributed by atoms with van der Waals surface area (Å²) >= 11 is 0. The Hall–Kier alpha value is -1.60. The van der Waals surface area contributed by atoms with Crippen molar-refractivity contribution in [2.75, 3.05) is 13.7 Å². The minimum absolute atomic E-state index is 0.00785. The first kappa shape index (κ1) is 15.8. The SMILES string of the molecule is CCC1(C(=O)O)CCCN1S(=O)(=O)c1ccccc1OC. The minimum atomic E-state index is -3.92. The van der Waals surface area contributed by atoms with Gasteiger partial charge in [-0.05, 0) is 31.4 Å². The minimum Gasteiger partial charge on any atom is -0.495 e. The number of ether oxygens (including phenoxy) is 1. The third kappa shape index (κ3) is 2.40. The second kappa shape index (κ2) is 5.65. The third-order valence-electron chi connectivity index (χ3n) is 4.05. The van der Waals surface area contributed by atoms with Gasteiger partial charge in [-0.1, -0.05) is 19.1 Å². The number of carboxylic acids is 1. The summed E-state index contributed by atoms with van der Waals surface area (Å²) < 4.78 is 32.0. The molecule has 6 nitrogen and oxygen atoms in total. The summed E-state index contributed by atoms with van der Waals surface area (Å²) in [5.74, 6) is -0.874. The number of para-hydroxylation sites is 1. The van der Waals surface area contributed by atoms with Crippen molar-refractivity contribution >= 4 is 16.0 Å². The molecule has 0 aliphatic carbocycles. The van der Waals surface area contributed by atoms with Crippen LogP contribution in [0.2, 0.25) is 0 Å². The molecule has 7 heteroatoms. The summed E-state index contributed by atoms with van der Waals surface area (Å²) in [7, 11) is -2.53. The molecule has 1 unspecified atom stereocenters. The number of carboxylic acid groups (broad SMARTS) is 1. The van der Waals surface area contributed by atoms with Crippen molar-refractivity contribution in [2.45, 2.75) is 36.6 Å².